The molecule has 0 saturated heterocycles. The summed E-state index contributed by atoms with van der Waals surface area (Å²) in [4.78, 5) is 8.54. The maximum absolute atomic E-state index is 13.5. The number of pyridine rings is 1. The second-order valence-electron chi connectivity index (χ2n) is 6.47. The van der Waals surface area contributed by atoms with Gasteiger partial charge in [0, 0.05) is 37.3 Å². The van der Waals surface area contributed by atoms with E-state index in [1.165, 1.54) is 6.07 Å². The Morgan fingerprint density at radius 2 is 2.12 bits per heavy atom. The fourth-order valence-corrected chi connectivity index (χ4v) is 3.01. The molecule has 2 aromatic rings. The lowest BCUT2D eigenvalue weighted by atomic mass is 9.96. The van der Waals surface area contributed by atoms with Crippen LogP contribution in [-0.2, 0) is 12.0 Å². The smallest absolute Gasteiger partial charge is 0.218 e. The third-order valence-corrected chi connectivity index (χ3v) is 4.69. The van der Waals surface area contributed by atoms with E-state index in [9.17, 15) is 4.39 Å². The van der Waals surface area contributed by atoms with Crippen LogP contribution in [0.2, 0.25) is 0 Å². The normalized spacial score (nSPS) is 15.4. The second-order valence-corrected chi connectivity index (χ2v) is 6.47. The van der Waals surface area contributed by atoms with E-state index < -0.39 is 0 Å². The van der Waals surface area contributed by atoms with E-state index in [2.05, 4.69) is 20.6 Å². The zero-order valence-corrected chi connectivity index (χ0v) is 15.3. The molecule has 1 aliphatic carbocycles. The average molecular weight is 356 g/mol. The monoisotopic (exact) mass is 356 g/mol. The number of halogens is 1. The summed E-state index contributed by atoms with van der Waals surface area (Å²) in [5, 5.41) is 6.66. The van der Waals surface area contributed by atoms with Gasteiger partial charge in [-0.05, 0) is 43.5 Å². The van der Waals surface area contributed by atoms with E-state index in [4.69, 9.17) is 4.74 Å². The molecular formula is C20H25FN4O. The number of aliphatic imine (C=N–C) groups is 1. The topological polar surface area (TPSA) is 58.5 Å². The highest BCUT2D eigenvalue weighted by molar-refractivity contribution is 5.79. The Morgan fingerprint density at radius 3 is 2.81 bits per heavy atom. The van der Waals surface area contributed by atoms with Crippen LogP contribution in [0.4, 0.5) is 4.39 Å². The quantitative estimate of drug-likeness (QED) is 0.591. The summed E-state index contributed by atoms with van der Waals surface area (Å²) >= 11 is 0. The molecule has 3 rings (SSSR count). The number of ether oxygens (including phenoxy) is 1. The van der Waals surface area contributed by atoms with Gasteiger partial charge in [0.15, 0.2) is 5.96 Å². The standard InChI is InChI=1S/C20H25FN4O/c1-3-26-18-15(6-5-11-23-18)13-24-19(22-2)25-14-20(9-10-20)16-7-4-8-17(21)12-16/h4-8,11-12H,3,9-10,13-14H2,1-2H3,(H2,22,24,25). The van der Waals surface area contributed by atoms with Crippen LogP contribution in [0, 0.1) is 5.82 Å². The number of nitrogens with zero attached hydrogens (tertiary/aromatic N) is 2. The van der Waals surface area contributed by atoms with E-state index >= 15 is 0 Å². The first-order chi connectivity index (χ1) is 12.7. The first kappa shape index (κ1) is 18.2. The number of aromatic nitrogens is 1. The number of benzene rings is 1. The van der Waals surface area contributed by atoms with Gasteiger partial charge in [-0.25, -0.2) is 9.37 Å². The van der Waals surface area contributed by atoms with Crippen LogP contribution < -0.4 is 15.4 Å². The van der Waals surface area contributed by atoms with E-state index in [0.717, 1.165) is 30.5 Å². The van der Waals surface area contributed by atoms with E-state index in [-0.39, 0.29) is 11.2 Å². The first-order valence-electron chi connectivity index (χ1n) is 8.94. The molecule has 138 valence electrons. The van der Waals surface area contributed by atoms with Crippen molar-refractivity contribution in [2.75, 3.05) is 20.2 Å². The molecular weight excluding hydrogens is 331 g/mol. The first-order valence-corrected chi connectivity index (χ1v) is 8.94. The molecule has 1 fully saturated rings. The molecule has 1 saturated carbocycles. The number of rotatable bonds is 7. The maximum atomic E-state index is 13.5. The van der Waals surface area contributed by atoms with Crippen molar-refractivity contribution in [1.82, 2.24) is 15.6 Å². The number of nitrogens with one attached hydrogen (secondary N) is 2. The van der Waals surface area contributed by atoms with Gasteiger partial charge in [0.1, 0.15) is 5.82 Å². The Kier molecular flexibility index (Phi) is 5.71. The Labute approximate surface area is 153 Å². The van der Waals surface area contributed by atoms with Crippen LogP contribution in [0.3, 0.4) is 0 Å². The molecule has 1 aromatic heterocycles. The van der Waals surface area contributed by atoms with Gasteiger partial charge >= 0.3 is 0 Å². The lowest BCUT2D eigenvalue weighted by Crippen LogP contribution is -2.41. The largest absolute Gasteiger partial charge is 0.478 e. The molecule has 26 heavy (non-hydrogen) atoms. The predicted octanol–water partition coefficient (Wildman–Crippen LogP) is 3.02. The van der Waals surface area contributed by atoms with Gasteiger partial charge in [-0.3, -0.25) is 4.99 Å². The van der Waals surface area contributed by atoms with Crippen molar-refractivity contribution in [3.8, 4) is 5.88 Å². The van der Waals surface area contributed by atoms with Crippen molar-refractivity contribution in [3.63, 3.8) is 0 Å². The molecule has 0 atom stereocenters. The molecule has 0 spiro atoms. The van der Waals surface area contributed by atoms with Crippen LogP contribution in [0.15, 0.2) is 47.6 Å². The third-order valence-electron chi connectivity index (χ3n) is 4.69. The summed E-state index contributed by atoms with van der Waals surface area (Å²) in [7, 11) is 1.74. The molecule has 0 amide bonds. The summed E-state index contributed by atoms with van der Waals surface area (Å²) in [5.74, 6) is 1.16. The Morgan fingerprint density at radius 1 is 1.27 bits per heavy atom. The Bertz CT molecular complexity index is 774. The summed E-state index contributed by atoms with van der Waals surface area (Å²) in [6.07, 6.45) is 3.83. The molecule has 0 radical (unpaired) electrons. The molecule has 0 aliphatic heterocycles. The number of hydrogen-bond acceptors (Lipinski definition) is 3. The highest BCUT2D eigenvalue weighted by Gasteiger charge is 2.44. The maximum Gasteiger partial charge on any atom is 0.218 e. The fourth-order valence-electron chi connectivity index (χ4n) is 3.01. The minimum absolute atomic E-state index is 0.00447. The molecule has 0 bridgehead atoms. The highest BCUT2D eigenvalue weighted by Crippen LogP contribution is 2.47. The van der Waals surface area contributed by atoms with Crippen LogP contribution in [0.25, 0.3) is 0 Å². The molecule has 1 aromatic carbocycles. The Balaban J connectivity index is 1.58. The molecule has 1 aliphatic rings. The Hall–Kier alpha value is -2.63. The van der Waals surface area contributed by atoms with Gasteiger partial charge in [-0.2, -0.15) is 0 Å². The molecule has 6 heteroatoms. The lowest BCUT2D eigenvalue weighted by molar-refractivity contribution is 0.322. The number of guanidine groups is 1. The van der Waals surface area contributed by atoms with Crippen molar-refractivity contribution in [2.45, 2.75) is 31.7 Å². The summed E-state index contributed by atoms with van der Waals surface area (Å²) in [6.45, 7) is 3.80. The van der Waals surface area contributed by atoms with Gasteiger partial charge in [-0.1, -0.05) is 18.2 Å². The van der Waals surface area contributed by atoms with Crippen molar-refractivity contribution < 1.29 is 9.13 Å². The van der Waals surface area contributed by atoms with Gasteiger partial charge in [0.25, 0.3) is 0 Å². The molecule has 2 N–H and O–H groups in total. The minimum atomic E-state index is -0.184. The van der Waals surface area contributed by atoms with Crippen LogP contribution in [0.1, 0.15) is 30.9 Å². The van der Waals surface area contributed by atoms with E-state index in [1.54, 1.807) is 25.4 Å². The average Bonchev–Trinajstić information content (AvgIpc) is 3.44. The molecule has 1 heterocycles. The zero-order valence-electron chi connectivity index (χ0n) is 15.3. The zero-order chi connectivity index (χ0) is 18.4. The summed E-state index contributed by atoms with van der Waals surface area (Å²) < 4.78 is 19.1. The van der Waals surface area contributed by atoms with Crippen LogP contribution in [-0.4, -0.2) is 31.1 Å². The van der Waals surface area contributed by atoms with Gasteiger partial charge in [0.2, 0.25) is 5.88 Å². The predicted molar refractivity (Wildman–Crippen MR) is 101 cm³/mol. The van der Waals surface area contributed by atoms with Crippen molar-refractivity contribution in [2.24, 2.45) is 4.99 Å². The van der Waals surface area contributed by atoms with Crippen molar-refractivity contribution in [3.05, 3.63) is 59.5 Å². The summed E-state index contributed by atoms with van der Waals surface area (Å²) in [5.41, 5.74) is 2.03. The SMILES string of the molecule is CCOc1ncccc1CNC(=NC)NCC1(c2cccc(F)c2)CC1. The van der Waals surface area contributed by atoms with E-state index in [0.29, 0.717) is 25.0 Å². The summed E-state index contributed by atoms with van der Waals surface area (Å²) in [6, 6.07) is 10.8. The molecule has 5 nitrogen and oxygen atoms in total. The number of hydrogen-bond donors (Lipinski definition) is 2. The fraction of sp³-hybridized carbons (Fsp3) is 0.400. The molecule has 0 unspecified atom stereocenters. The third kappa shape index (κ3) is 4.31. The highest BCUT2D eigenvalue weighted by atomic mass is 19.1. The van der Waals surface area contributed by atoms with Gasteiger partial charge in [-0.15, -0.1) is 0 Å². The minimum Gasteiger partial charge on any atom is -0.478 e. The van der Waals surface area contributed by atoms with E-state index in [1.807, 2.05) is 25.1 Å². The van der Waals surface area contributed by atoms with Crippen LogP contribution in [0.5, 0.6) is 5.88 Å². The van der Waals surface area contributed by atoms with Crippen LogP contribution >= 0.6 is 0 Å². The van der Waals surface area contributed by atoms with Crippen molar-refractivity contribution >= 4 is 5.96 Å². The van der Waals surface area contributed by atoms with Crippen molar-refractivity contribution in [1.29, 1.82) is 0 Å². The van der Waals surface area contributed by atoms with Gasteiger partial charge in [0.05, 0.1) is 6.61 Å². The van der Waals surface area contributed by atoms with Gasteiger partial charge < -0.3 is 15.4 Å². The second kappa shape index (κ2) is 8.17. The lowest BCUT2D eigenvalue weighted by Gasteiger charge is -2.19.